The molecule has 156 valence electrons. The van der Waals surface area contributed by atoms with Gasteiger partial charge in [0.1, 0.15) is 0 Å². The van der Waals surface area contributed by atoms with E-state index in [0.717, 1.165) is 54.0 Å². The van der Waals surface area contributed by atoms with Gasteiger partial charge in [-0.2, -0.15) is 0 Å². The summed E-state index contributed by atoms with van der Waals surface area (Å²) in [6.45, 7) is 10.4. The zero-order valence-electron chi connectivity index (χ0n) is 18.2. The topological polar surface area (TPSA) is 76.5 Å². The van der Waals surface area contributed by atoms with Crippen molar-refractivity contribution in [2.24, 2.45) is 0 Å². The molecular weight excluding hydrogens is 365 g/mol. The van der Waals surface area contributed by atoms with Gasteiger partial charge < -0.3 is 19.7 Å². The summed E-state index contributed by atoms with van der Waals surface area (Å²) in [4.78, 5) is 9.31. The van der Waals surface area contributed by atoms with Gasteiger partial charge in [-0.3, -0.25) is 0 Å². The Morgan fingerprint density at radius 2 is 1.83 bits per heavy atom. The van der Waals surface area contributed by atoms with Crippen LogP contribution in [0.3, 0.4) is 0 Å². The second-order valence-electron chi connectivity index (χ2n) is 9.36. The number of nitrogens with one attached hydrogen (secondary N) is 1. The lowest BCUT2D eigenvalue weighted by molar-refractivity contribution is 0.00578. The number of nitrogens with zero attached hydrogens (tertiary/aromatic N) is 2. The Morgan fingerprint density at radius 3 is 2.48 bits per heavy atom. The lowest BCUT2D eigenvalue weighted by Gasteiger charge is -2.32. The largest absolute Gasteiger partial charge is 0.494 e. The minimum atomic E-state index is -0.398. The molecule has 1 aromatic carbocycles. The van der Waals surface area contributed by atoms with E-state index < -0.39 is 7.12 Å². The number of anilines is 1. The van der Waals surface area contributed by atoms with Crippen molar-refractivity contribution in [1.82, 2.24) is 9.97 Å². The number of benzene rings is 1. The number of rotatable bonds is 4. The molecular formula is C22H32BN3O3. The molecule has 0 amide bonds. The van der Waals surface area contributed by atoms with Gasteiger partial charge in [0.05, 0.1) is 28.9 Å². The van der Waals surface area contributed by atoms with Crippen LogP contribution in [0.1, 0.15) is 65.9 Å². The summed E-state index contributed by atoms with van der Waals surface area (Å²) in [5, 5.41) is 14.6. The summed E-state index contributed by atoms with van der Waals surface area (Å²) in [6, 6.07) is 4.22. The molecule has 1 aliphatic carbocycles. The third-order valence-corrected chi connectivity index (χ3v) is 6.73. The molecule has 2 atom stereocenters. The zero-order chi connectivity index (χ0) is 20.8. The van der Waals surface area contributed by atoms with Crippen LogP contribution in [0.15, 0.2) is 18.3 Å². The zero-order valence-corrected chi connectivity index (χ0v) is 18.2. The lowest BCUT2D eigenvalue weighted by atomic mass is 9.77. The van der Waals surface area contributed by atoms with Crippen molar-refractivity contribution >= 4 is 29.4 Å². The Hall–Kier alpha value is -1.70. The molecule has 4 rings (SSSR count). The number of aliphatic hydroxyl groups excluding tert-OH is 1. The maximum Gasteiger partial charge on any atom is 0.494 e. The first-order valence-corrected chi connectivity index (χ1v) is 10.8. The molecule has 0 bridgehead atoms. The van der Waals surface area contributed by atoms with Crippen LogP contribution in [-0.4, -0.2) is 45.5 Å². The fourth-order valence-electron chi connectivity index (χ4n) is 4.14. The van der Waals surface area contributed by atoms with Gasteiger partial charge in [0, 0.05) is 11.6 Å². The van der Waals surface area contributed by atoms with Crippen LogP contribution in [0.25, 0.3) is 10.9 Å². The van der Waals surface area contributed by atoms with Crippen molar-refractivity contribution in [3.05, 3.63) is 23.9 Å². The summed E-state index contributed by atoms with van der Waals surface area (Å²) < 4.78 is 12.5. The first-order valence-electron chi connectivity index (χ1n) is 10.8. The van der Waals surface area contributed by atoms with Gasteiger partial charge >= 0.3 is 7.12 Å². The molecule has 2 N–H and O–H groups in total. The smallest absolute Gasteiger partial charge is 0.399 e. The Balaban J connectivity index is 1.64. The molecule has 1 aromatic heterocycles. The summed E-state index contributed by atoms with van der Waals surface area (Å²) in [7, 11) is -0.398. The quantitative estimate of drug-likeness (QED) is 0.772. The summed E-state index contributed by atoms with van der Waals surface area (Å²) >= 11 is 0. The van der Waals surface area contributed by atoms with Gasteiger partial charge in [-0.25, -0.2) is 9.97 Å². The Kier molecular flexibility index (Phi) is 5.34. The first-order chi connectivity index (χ1) is 13.7. The highest BCUT2D eigenvalue weighted by atomic mass is 16.7. The predicted molar refractivity (Wildman–Crippen MR) is 117 cm³/mol. The van der Waals surface area contributed by atoms with E-state index in [1.54, 1.807) is 0 Å². The number of hydrogen-bond donors (Lipinski definition) is 2. The van der Waals surface area contributed by atoms with Crippen LogP contribution in [0.2, 0.25) is 0 Å². The maximum atomic E-state index is 10.2. The fraction of sp³-hybridized carbons (Fsp3) is 0.636. The fourth-order valence-corrected chi connectivity index (χ4v) is 4.14. The van der Waals surface area contributed by atoms with E-state index >= 15 is 0 Å². The van der Waals surface area contributed by atoms with E-state index in [9.17, 15) is 5.11 Å². The highest BCUT2D eigenvalue weighted by Crippen LogP contribution is 2.36. The molecule has 0 spiro atoms. The standard InChI is InChI=1S/C22H32BN3O3/c1-6-14-11-16(23-28-21(2,3)22(4,5)29-23)12-15-13-24-20(26-19(14)15)25-17-9-7-8-10-18(17)27/h11-13,17-18,27H,6-10H2,1-5H3,(H,24,25,26)/t17-,18+/m0/s1. The van der Waals surface area contributed by atoms with Crippen LogP contribution >= 0.6 is 0 Å². The van der Waals surface area contributed by atoms with Crippen LogP contribution in [0, 0.1) is 0 Å². The molecule has 6 nitrogen and oxygen atoms in total. The van der Waals surface area contributed by atoms with Crippen molar-refractivity contribution in [3.8, 4) is 0 Å². The molecule has 29 heavy (non-hydrogen) atoms. The first kappa shape index (κ1) is 20.6. The van der Waals surface area contributed by atoms with E-state index in [0.29, 0.717) is 5.95 Å². The van der Waals surface area contributed by atoms with E-state index in [-0.39, 0.29) is 23.3 Å². The third-order valence-electron chi connectivity index (χ3n) is 6.73. The highest BCUT2D eigenvalue weighted by Gasteiger charge is 2.51. The van der Waals surface area contributed by atoms with Gasteiger partial charge in [0.25, 0.3) is 0 Å². The van der Waals surface area contributed by atoms with Crippen LogP contribution in [0.5, 0.6) is 0 Å². The Labute approximate surface area is 173 Å². The SMILES string of the molecule is CCc1cc(B2OC(C)(C)C(C)(C)O2)cc2cnc(N[C@H]3CCCC[C@H]3O)nc12. The summed E-state index contributed by atoms with van der Waals surface area (Å²) in [5.41, 5.74) is 2.34. The minimum Gasteiger partial charge on any atom is -0.399 e. The van der Waals surface area contributed by atoms with Crippen molar-refractivity contribution in [3.63, 3.8) is 0 Å². The van der Waals surface area contributed by atoms with Gasteiger partial charge in [0.2, 0.25) is 5.95 Å². The van der Waals surface area contributed by atoms with Gasteiger partial charge in [-0.05, 0) is 58.0 Å². The van der Waals surface area contributed by atoms with Crippen molar-refractivity contribution in [2.75, 3.05) is 5.32 Å². The summed E-state index contributed by atoms with van der Waals surface area (Å²) in [5.74, 6) is 0.585. The number of aromatic nitrogens is 2. The van der Waals surface area contributed by atoms with Crippen molar-refractivity contribution < 1.29 is 14.4 Å². The Bertz CT molecular complexity index is 886. The predicted octanol–water partition coefficient (Wildman–Crippen LogP) is 3.21. The van der Waals surface area contributed by atoms with Gasteiger partial charge in [-0.1, -0.05) is 31.9 Å². The molecule has 2 aromatic rings. The second-order valence-corrected chi connectivity index (χ2v) is 9.36. The van der Waals surface area contributed by atoms with E-state index in [4.69, 9.17) is 14.3 Å². The molecule has 2 aliphatic rings. The average Bonchev–Trinajstić information content (AvgIpc) is 2.90. The van der Waals surface area contributed by atoms with Gasteiger partial charge in [-0.15, -0.1) is 0 Å². The van der Waals surface area contributed by atoms with Crippen LogP contribution in [-0.2, 0) is 15.7 Å². The number of aliphatic hydroxyl groups is 1. The molecule has 0 radical (unpaired) electrons. The molecule has 0 unspecified atom stereocenters. The molecule has 7 heteroatoms. The average molecular weight is 397 g/mol. The molecule has 1 aliphatic heterocycles. The number of fused-ring (bicyclic) bond motifs is 1. The monoisotopic (exact) mass is 397 g/mol. The molecule has 1 saturated carbocycles. The van der Waals surface area contributed by atoms with Gasteiger partial charge in [0.15, 0.2) is 0 Å². The second kappa shape index (κ2) is 7.53. The van der Waals surface area contributed by atoms with Crippen LogP contribution in [0.4, 0.5) is 5.95 Å². The van der Waals surface area contributed by atoms with E-state index in [2.05, 4.69) is 57.1 Å². The van der Waals surface area contributed by atoms with E-state index in [1.807, 2.05) is 6.20 Å². The Morgan fingerprint density at radius 1 is 1.14 bits per heavy atom. The lowest BCUT2D eigenvalue weighted by Crippen LogP contribution is -2.41. The van der Waals surface area contributed by atoms with Crippen molar-refractivity contribution in [1.29, 1.82) is 0 Å². The van der Waals surface area contributed by atoms with Crippen LogP contribution < -0.4 is 10.8 Å². The maximum absolute atomic E-state index is 10.2. The normalized spacial score (nSPS) is 26.1. The molecule has 2 fully saturated rings. The number of hydrogen-bond acceptors (Lipinski definition) is 6. The summed E-state index contributed by atoms with van der Waals surface area (Å²) in [6.07, 6.45) is 6.37. The number of aryl methyl sites for hydroxylation is 1. The molecule has 1 saturated heterocycles. The highest BCUT2D eigenvalue weighted by molar-refractivity contribution is 6.62. The molecule has 2 heterocycles. The van der Waals surface area contributed by atoms with Crippen molar-refractivity contribution in [2.45, 2.75) is 90.1 Å². The third kappa shape index (κ3) is 3.88. The minimum absolute atomic E-state index is 0.0234. The van der Waals surface area contributed by atoms with E-state index in [1.165, 1.54) is 0 Å².